The first kappa shape index (κ1) is 9.42. The van der Waals surface area contributed by atoms with Crippen LogP contribution in [0.2, 0.25) is 5.22 Å². The number of imidazole rings is 1. The van der Waals surface area contributed by atoms with Gasteiger partial charge in [-0.05, 0) is 42.8 Å². The standard InChI is InChI=1S/C11H8ClN3O/c1-6-2-3-7-10(13-6)15-11(14-7)8-4-5-9(12)16-8/h2-5H,1H3,(H,13,14,15). The third-order valence-electron chi connectivity index (χ3n) is 2.29. The second-order valence-electron chi connectivity index (χ2n) is 3.51. The van der Waals surface area contributed by atoms with Crippen molar-refractivity contribution in [3.05, 3.63) is 35.2 Å². The monoisotopic (exact) mass is 233 g/mol. The van der Waals surface area contributed by atoms with E-state index in [2.05, 4.69) is 15.0 Å². The summed E-state index contributed by atoms with van der Waals surface area (Å²) in [7, 11) is 0. The van der Waals surface area contributed by atoms with Crippen LogP contribution < -0.4 is 0 Å². The highest BCUT2D eigenvalue weighted by atomic mass is 35.5. The molecule has 0 aliphatic carbocycles. The van der Waals surface area contributed by atoms with Crippen molar-refractivity contribution in [3.63, 3.8) is 0 Å². The van der Waals surface area contributed by atoms with E-state index in [-0.39, 0.29) is 0 Å². The Labute approximate surface area is 96.3 Å². The largest absolute Gasteiger partial charge is 0.441 e. The highest BCUT2D eigenvalue weighted by molar-refractivity contribution is 6.28. The van der Waals surface area contributed by atoms with Crippen LogP contribution in [-0.4, -0.2) is 15.0 Å². The van der Waals surface area contributed by atoms with Crippen LogP contribution in [0.1, 0.15) is 5.69 Å². The van der Waals surface area contributed by atoms with Gasteiger partial charge < -0.3 is 9.40 Å². The van der Waals surface area contributed by atoms with Crippen LogP contribution in [-0.2, 0) is 0 Å². The molecular weight excluding hydrogens is 226 g/mol. The van der Waals surface area contributed by atoms with Gasteiger partial charge in [-0.1, -0.05) is 0 Å². The summed E-state index contributed by atoms with van der Waals surface area (Å²) in [6.07, 6.45) is 0. The summed E-state index contributed by atoms with van der Waals surface area (Å²) in [6.45, 7) is 1.93. The van der Waals surface area contributed by atoms with E-state index in [0.29, 0.717) is 22.5 Å². The number of nitrogens with one attached hydrogen (secondary N) is 1. The average Bonchev–Trinajstić information content (AvgIpc) is 2.83. The van der Waals surface area contributed by atoms with Crippen molar-refractivity contribution in [2.24, 2.45) is 0 Å². The highest BCUT2D eigenvalue weighted by Crippen LogP contribution is 2.23. The number of hydrogen-bond donors (Lipinski definition) is 1. The topological polar surface area (TPSA) is 54.7 Å². The van der Waals surface area contributed by atoms with Crippen molar-refractivity contribution >= 4 is 22.8 Å². The van der Waals surface area contributed by atoms with Crippen molar-refractivity contribution < 1.29 is 4.42 Å². The zero-order chi connectivity index (χ0) is 11.1. The fourth-order valence-electron chi connectivity index (χ4n) is 1.55. The maximum absolute atomic E-state index is 5.71. The molecule has 0 bridgehead atoms. The van der Waals surface area contributed by atoms with Gasteiger partial charge in [0.1, 0.15) is 0 Å². The number of H-pyrrole nitrogens is 1. The zero-order valence-electron chi connectivity index (χ0n) is 8.49. The molecule has 0 atom stereocenters. The minimum atomic E-state index is 0.347. The van der Waals surface area contributed by atoms with Crippen molar-refractivity contribution in [2.45, 2.75) is 6.92 Å². The molecule has 3 aromatic heterocycles. The molecule has 0 spiro atoms. The molecule has 0 aromatic carbocycles. The lowest BCUT2D eigenvalue weighted by molar-refractivity contribution is 0.580. The van der Waals surface area contributed by atoms with E-state index in [0.717, 1.165) is 11.2 Å². The zero-order valence-corrected chi connectivity index (χ0v) is 9.25. The van der Waals surface area contributed by atoms with Gasteiger partial charge in [0.25, 0.3) is 0 Å². The second-order valence-corrected chi connectivity index (χ2v) is 3.89. The van der Waals surface area contributed by atoms with E-state index in [9.17, 15) is 0 Å². The van der Waals surface area contributed by atoms with Crippen LogP contribution in [0.4, 0.5) is 0 Å². The number of fused-ring (bicyclic) bond motifs is 1. The Balaban J connectivity index is 2.18. The van der Waals surface area contributed by atoms with Gasteiger partial charge in [-0.15, -0.1) is 0 Å². The third-order valence-corrected chi connectivity index (χ3v) is 2.49. The van der Waals surface area contributed by atoms with Gasteiger partial charge in [0.2, 0.25) is 0 Å². The maximum atomic E-state index is 5.71. The molecule has 4 nitrogen and oxygen atoms in total. The van der Waals surface area contributed by atoms with Gasteiger partial charge in [-0.3, -0.25) is 0 Å². The van der Waals surface area contributed by atoms with Gasteiger partial charge in [-0.2, -0.15) is 0 Å². The Hall–Kier alpha value is -1.81. The molecule has 0 aliphatic heterocycles. The van der Waals surface area contributed by atoms with Crippen LogP contribution in [0, 0.1) is 6.92 Å². The van der Waals surface area contributed by atoms with E-state index in [1.807, 2.05) is 19.1 Å². The minimum Gasteiger partial charge on any atom is -0.441 e. The highest BCUT2D eigenvalue weighted by Gasteiger charge is 2.09. The van der Waals surface area contributed by atoms with Crippen molar-refractivity contribution in [3.8, 4) is 11.6 Å². The number of nitrogens with zero attached hydrogens (tertiary/aromatic N) is 2. The Morgan fingerprint density at radius 3 is 2.81 bits per heavy atom. The Morgan fingerprint density at radius 1 is 1.19 bits per heavy atom. The van der Waals surface area contributed by atoms with E-state index >= 15 is 0 Å². The fourth-order valence-corrected chi connectivity index (χ4v) is 1.69. The predicted molar refractivity (Wildman–Crippen MR) is 61.3 cm³/mol. The molecule has 0 radical (unpaired) electrons. The summed E-state index contributed by atoms with van der Waals surface area (Å²) in [6, 6.07) is 7.33. The second kappa shape index (κ2) is 3.35. The number of hydrogen-bond acceptors (Lipinski definition) is 3. The van der Waals surface area contributed by atoms with Gasteiger partial charge in [0.05, 0.1) is 5.52 Å². The first-order chi connectivity index (χ1) is 7.72. The molecule has 5 heteroatoms. The van der Waals surface area contributed by atoms with Crippen LogP contribution in [0.15, 0.2) is 28.7 Å². The predicted octanol–water partition coefficient (Wildman–Crippen LogP) is 3.18. The Bertz CT molecular complexity index is 656. The molecule has 1 N–H and O–H groups in total. The van der Waals surface area contributed by atoms with Crippen LogP contribution in [0.25, 0.3) is 22.7 Å². The molecule has 0 saturated carbocycles. The number of aryl methyl sites for hydroxylation is 1. The number of halogens is 1. The molecule has 3 rings (SSSR count). The minimum absolute atomic E-state index is 0.347. The number of rotatable bonds is 1. The number of aromatic amines is 1. The van der Waals surface area contributed by atoms with Crippen molar-refractivity contribution in [1.82, 2.24) is 15.0 Å². The van der Waals surface area contributed by atoms with Gasteiger partial charge in [0.15, 0.2) is 22.5 Å². The lowest BCUT2D eigenvalue weighted by Gasteiger charge is -1.88. The average molecular weight is 234 g/mol. The summed E-state index contributed by atoms with van der Waals surface area (Å²) in [5, 5.41) is 0.347. The van der Waals surface area contributed by atoms with Gasteiger partial charge >= 0.3 is 0 Å². The SMILES string of the molecule is Cc1ccc2[nH]c(-c3ccc(Cl)o3)nc2n1. The number of pyridine rings is 1. The summed E-state index contributed by atoms with van der Waals surface area (Å²) >= 11 is 5.71. The normalized spacial score (nSPS) is 11.1. The molecule has 0 unspecified atom stereocenters. The molecule has 16 heavy (non-hydrogen) atoms. The van der Waals surface area contributed by atoms with Crippen LogP contribution in [0.3, 0.4) is 0 Å². The van der Waals surface area contributed by atoms with Crippen LogP contribution in [0.5, 0.6) is 0 Å². The first-order valence-corrected chi connectivity index (χ1v) is 5.19. The van der Waals surface area contributed by atoms with E-state index in [1.54, 1.807) is 12.1 Å². The molecular formula is C11H8ClN3O. The fraction of sp³-hybridized carbons (Fsp3) is 0.0909. The first-order valence-electron chi connectivity index (χ1n) is 4.81. The number of aromatic nitrogens is 3. The summed E-state index contributed by atoms with van der Waals surface area (Å²) in [5.74, 6) is 1.25. The van der Waals surface area contributed by atoms with Crippen LogP contribution >= 0.6 is 11.6 Å². The van der Waals surface area contributed by atoms with Gasteiger partial charge in [0, 0.05) is 5.69 Å². The third kappa shape index (κ3) is 1.47. The van der Waals surface area contributed by atoms with Crippen molar-refractivity contribution in [2.75, 3.05) is 0 Å². The molecule has 3 aromatic rings. The van der Waals surface area contributed by atoms with E-state index < -0.39 is 0 Å². The lowest BCUT2D eigenvalue weighted by atomic mass is 10.3. The molecule has 80 valence electrons. The summed E-state index contributed by atoms with van der Waals surface area (Å²) in [5.41, 5.74) is 2.50. The molecule has 0 fully saturated rings. The number of furan rings is 1. The lowest BCUT2D eigenvalue weighted by Crippen LogP contribution is -1.80. The molecule has 0 amide bonds. The Kier molecular flexibility index (Phi) is 1.97. The smallest absolute Gasteiger partial charge is 0.194 e. The summed E-state index contributed by atoms with van der Waals surface area (Å²) in [4.78, 5) is 11.8. The quantitative estimate of drug-likeness (QED) is 0.702. The Morgan fingerprint density at radius 2 is 2.06 bits per heavy atom. The summed E-state index contributed by atoms with van der Waals surface area (Å²) < 4.78 is 5.27. The maximum Gasteiger partial charge on any atom is 0.194 e. The molecule has 3 heterocycles. The molecule has 0 saturated heterocycles. The van der Waals surface area contributed by atoms with Gasteiger partial charge in [-0.25, -0.2) is 9.97 Å². The molecule has 0 aliphatic rings. The van der Waals surface area contributed by atoms with E-state index in [1.165, 1.54) is 0 Å². The van der Waals surface area contributed by atoms with E-state index in [4.69, 9.17) is 16.0 Å². The van der Waals surface area contributed by atoms with Crippen molar-refractivity contribution in [1.29, 1.82) is 0 Å².